The van der Waals surface area contributed by atoms with Crippen LogP contribution in [-0.2, 0) is 0 Å². The molecule has 0 unspecified atom stereocenters. The quantitative estimate of drug-likeness (QED) is 0.870. The van der Waals surface area contributed by atoms with E-state index in [-0.39, 0.29) is 11.7 Å². The molecule has 0 saturated carbocycles. The number of alkyl halides is 3. The maximum absolute atomic E-state index is 12.2. The standard InChI is InChI=1S/C11H13F3O2/c1-7(2)16-9-5-3-4-8(6-9)10(15)11(12,13)14/h3-7,10,15H,1-2H3/t10-/m1/s1. The third kappa shape index (κ3) is 3.41. The summed E-state index contributed by atoms with van der Waals surface area (Å²) in [4.78, 5) is 0. The lowest BCUT2D eigenvalue weighted by molar-refractivity contribution is -0.206. The van der Waals surface area contributed by atoms with Crippen molar-refractivity contribution in [2.45, 2.75) is 32.2 Å². The summed E-state index contributed by atoms with van der Waals surface area (Å²) in [6, 6.07) is 5.37. The Bertz CT molecular complexity index is 347. The van der Waals surface area contributed by atoms with E-state index in [0.29, 0.717) is 5.75 Å². The zero-order valence-corrected chi connectivity index (χ0v) is 8.95. The molecular formula is C11H13F3O2. The lowest BCUT2D eigenvalue weighted by atomic mass is 10.1. The predicted molar refractivity (Wildman–Crippen MR) is 53.2 cm³/mol. The molecule has 2 nitrogen and oxygen atoms in total. The Hall–Kier alpha value is -1.23. The van der Waals surface area contributed by atoms with Gasteiger partial charge >= 0.3 is 6.18 Å². The van der Waals surface area contributed by atoms with Gasteiger partial charge in [-0.3, -0.25) is 0 Å². The van der Waals surface area contributed by atoms with Crippen LogP contribution in [0.25, 0.3) is 0 Å². The van der Waals surface area contributed by atoms with E-state index in [2.05, 4.69) is 0 Å². The highest BCUT2D eigenvalue weighted by molar-refractivity contribution is 5.30. The van der Waals surface area contributed by atoms with Crippen LogP contribution in [0.1, 0.15) is 25.5 Å². The summed E-state index contributed by atoms with van der Waals surface area (Å²) in [6.45, 7) is 3.54. The number of ether oxygens (including phenoxy) is 1. The highest BCUT2D eigenvalue weighted by atomic mass is 19.4. The van der Waals surface area contributed by atoms with Crippen molar-refractivity contribution < 1.29 is 23.0 Å². The smallest absolute Gasteiger partial charge is 0.418 e. The largest absolute Gasteiger partial charge is 0.491 e. The fourth-order valence-corrected chi connectivity index (χ4v) is 1.22. The fraction of sp³-hybridized carbons (Fsp3) is 0.455. The second-order valence-corrected chi connectivity index (χ2v) is 3.68. The Morgan fingerprint density at radius 3 is 2.38 bits per heavy atom. The summed E-state index contributed by atoms with van der Waals surface area (Å²) < 4.78 is 42.0. The van der Waals surface area contributed by atoms with Gasteiger partial charge in [-0.15, -0.1) is 0 Å². The third-order valence-corrected chi connectivity index (χ3v) is 1.86. The van der Waals surface area contributed by atoms with Gasteiger partial charge in [0.2, 0.25) is 0 Å². The van der Waals surface area contributed by atoms with Crippen LogP contribution in [0.5, 0.6) is 5.75 Å². The number of halogens is 3. The highest BCUT2D eigenvalue weighted by Gasteiger charge is 2.39. The zero-order valence-electron chi connectivity index (χ0n) is 8.95. The molecule has 0 saturated heterocycles. The summed E-state index contributed by atoms with van der Waals surface area (Å²) in [5.41, 5.74) is -0.217. The summed E-state index contributed by atoms with van der Waals surface area (Å²) in [6.07, 6.45) is -7.25. The van der Waals surface area contributed by atoms with Gasteiger partial charge in [-0.1, -0.05) is 12.1 Å². The van der Waals surface area contributed by atoms with E-state index in [0.717, 1.165) is 0 Å². The Balaban J connectivity index is 2.90. The van der Waals surface area contributed by atoms with Crippen molar-refractivity contribution in [2.75, 3.05) is 0 Å². The monoisotopic (exact) mass is 234 g/mol. The molecule has 1 N–H and O–H groups in total. The van der Waals surface area contributed by atoms with E-state index in [4.69, 9.17) is 9.84 Å². The second kappa shape index (κ2) is 4.74. The Morgan fingerprint density at radius 2 is 1.88 bits per heavy atom. The molecular weight excluding hydrogens is 221 g/mol. The van der Waals surface area contributed by atoms with Gasteiger partial charge in [0.05, 0.1) is 6.10 Å². The number of aliphatic hydroxyl groups is 1. The molecule has 0 aliphatic heterocycles. The van der Waals surface area contributed by atoms with Crippen molar-refractivity contribution in [3.8, 4) is 5.75 Å². The van der Waals surface area contributed by atoms with Gasteiger partial charge in [0, 0.05) is 0 Å². The number of benzene rings is 1. The molecule has 1 rings (SSSR count). The number of hydrogen-bond acceptors (Lipinski definition) is 2. The molecule has 0 heterocycles. The molecule has 0 fully saturated rings. The minimum Gasteiger partial charge on any atom is -0.491 e. The lowest BCUT2D eigenvalue weighted by Crippen LogP contribution is -2.20. The molecule has 0 bridgehead atoms. The summed E-state index contributed by atoms with van der Waals surface area (Å²) in [7, 11) is 0. The van der Waals surface area contributed by atoms with Gasteiger partial charge in [-0.25, -0.2) is 0 Å². The van der Waals surface area contributed by atoms with Crippen LogP contribution in [0.2, 0.25) is 0 Å². The molecule has 0 radical (unpaired) electrons. The Kier molecular flexibility index (Phi) is 3.80. The molecule has 0 aliphatic rings. The normalized spacial score (nSPS) is 13.9. The van der Waals surface area contributed by atoms with Gasteiger partial charge in [0.1, 0.15) is 5.75 Å². The van der Waals surface area contributed by atoms with Gasteiger partial charge in [0.15, 0.2) is 6.10 Å². The first-order valence-electron chi connectivity index (χ1n) is 4.82. The van der Waals surface area contributed by atoms with Crippen molar-refractivity contribution in [1.82, 2.24) is 0 Å². The fourth-order valence-electron chi connectivity index (χ4n) is 1.22. The van der Waals surface area contributed by atoms with Crippen LogP contribution in [0, 0.1) is 0 Å². The molecule has 1 atom stereocenters. The first kappa shape index (κ1) is 12.8. The van der Waals surface area contributed by atoms with Crippen LogP contribution in [-0.4, -0.2) is 17.4 Å². The van der Waals surface area contributed by atoms with Crippen molar-refractivity contribution in [1.29, 1.82) is 0 Å². The van der Waals surface area contributed by atoms with Gasteiger partial charge < -0.3 is 9.84 Å². The molecule has 0 aromatic heterocycles. The Labute approximate surface area is 91.7 Å². The molecule has 0 amide bonds. The van der Waals surface area contributed by atoms with Crippen molar-refractivity contribution in [3.63, 3.8) is 0 Å². The SMILES string of the molecule is CC(C)Oc1cccc([C@@H](O)C(F)(F)F)c1. The van der Waals surface area contributed by atoms with Crippen LogP contribution in [0.15, 0.2) is 24.3 Å². The van der Waals surface area contributed by atoms with Gasteiger partial charge in [0.25, 0.3) is 0 Å². The highest BCUT2D eigenvalue weighted by Crippen LogP contribution is 2.33. The van der Waals surface area contributed by atoms with E-state index in [1.54, 1.807) is 19.9 Å². The molecule has 1 aromatic rings. The molecule has 1 aromatic carbocycles. The lowest BCUT2D eigenvalue weighted by Gasteiger charge is -2.16. The maximum Gasteiger partial charge on any atom is 0.418 e. The van der Waals surface area contributed by atoms with Crippen molar-refractivity contribution in [3.05, 3.63) is 29.8 Å². The summed E-state index contributed by atoms with van der Waals surface area (Å²) in [5, 5.41) is 9.04. The van der Waals surface area contributed by atoms with E-state index in [1.807, 2.05) is 0 Å². The van der Waals surface area contributed by atoms with Crippen molar-refractivity contribution in [2.24, 2.45) is 0 Å². The second-order valence-electron chi connectivity index (χ2n) is 3.68. The zero-order chi connectivity index (χ0) is 12.3. The molecule has 0 aliphatic carbocycles. The van der Waals surface area contributed by atoms with Gasteiger partial charge in [-0.2, -0.15) is 13.2 Å². The van der Waals surface area contributed by atoms with Crippen molar-refractivity contribution >= 4 is 0 Å². The maximum atomic E-state index is 12.2. The predicted octanol–water partition coefficient (Wildman–Crippen LogP) is 3.07. The van der Waals surface area contributed by atoms with E-state index < -0.39 is 12.3 Å². The van der Waals surface area contributed by atoms with E-state index >= 15 is 0 Å². The van der Waals surface area contributed by atoms with E-state index in [9.17, 15) is 13.2 Å². The molecule has 5 heteroatoms. The van der Waals surface area contributed by atoms with Gasteiger partial charge in [-0.05, 0) is 31.5 Å². The average Bonchev–Trinajstić information content (AvgIpc) is 2.14. The molecule has 90 valence electrons. The third-order valence-electron chi connectivity index (χ3n) is 1.86. The topological polar surface area (TPSA) is 29.5 Å². The van der Waals surface area contributed by atoms with E-state index in [1.165, 1.54) is 18.2 Å². The molecule has 0 spiro atoms. The first-order chi connectivity index (χ1) is 7.30. The minimum absolute atomic E-state index is 0.127. The Morgan fingerprint density at radius 1 is 1.25 bits per heavy atom. The minimum atomic E-state index is -4.66. The molecule has 16 heavy (non-hydrogen) atoms. The first-order valence-corrected chi connectivity index (χ1v) is 4.82. The average molecular weight is 234 g/mol. The summed E-state index contributed by atoms with van der Waals surface area (Å²) in [5.74, 6) is 0.316. The summed E-state index contributed by atoms with van der Waals surface area (Å²) >= 11 is 0. The van der Waals surface area contributed by atoms with Crippen LogP contribution >= 0.6 is 0 Å². The number of hydrogen-bond donors (Lipinski definition) is 1. The van der Waals surface area contributed by atoms with Crippen LogP contribution in [0.4, 0.5) is 13.2 Å². The number of rotatable bonds is 3. The van der Waals surface area contributed by atoms with Crippen LogP contribution < -0.4 is 4.74 Å². The number of aliphatic hydroxyl groups excluding tert-OH is 1. The van der Waals surface area contributed by atoms with Crippen LogP contribution in [0.3, 0.4) is 0 Å².